The average molecular weight is 264 g/mol. The van der Waals surface area contributed by atoms with Crippen molar-refractivity contribution in [2.24, 2.45) is 0 Å². The molecule has 2 aromatic rings. The van der Waals surface area contributed by atoms with E-state index in [1.165, 1.54) is 12.1 Å². The van der Waals surface area contributed by atoms with Gasteiger partial charge in [-0.3, -0.25) is 0 Å². The lowest BCUT2D eigenvalue weighted by Crippen LogP contribution is -2.21. The average Bonchev–Trinajstić information content (AvgIpc) is 2.81. The number of hydrogen-bond acceptors (Lipinski definition) is 1. The Labute approximate surface area is 112 Å². The second kappa shape index (κ2) is 5.97. The first-order valence-corrected chi connectivity index (χ1v) is 6.44. The van der Waals surface area contributed by atoms with Crippen molar-refractivity contribution in [2.45, 2.75) is 26.4 Å². The predicted octanol–water partition coefficient (Wildman–Crippen LogP) is 3.49. The Hall–Kier alpha value is -1.68. The van der Waals surface area contributed by atoms with E-state index < -0.39 is 11.6 Å². The second-order valence-corrected chi connectivity index (χ2v) is 4.58. The number of aromatic nitrogens is 1. The predicted molar refractivity (Wildman–Crippen MR) is 72.0 cm³/mol. The van der Waals surface area contributed by atoms with Gasteiger partial charge >= 0.3 is 0 Å². The topological polar surface area (TPSA) is 17.0 Å². The Morgan fingerprint density at radius 3 is 2.74 bits per heavy atom. The minimum atomic E-state index is -0.546. The molecule has 0 aliphatic heterocycles. The van der Waals surface area contributed by atoms with Gasteiger partial charge in [0, 0.05) is 29.6 Å². The molecular weight excluding hydrogens is 246 g/mol. The summed E-state index contributed by atoms with van der Waals surface area (Å²) in [5.74, 6) is -1.05. The van der Waals surface area contributed by atoms with Crippen LogP contribution in [0.5, 0.6) is 0 Å². The van der Waals surface area contributed by atoms with Crippen molar-refractivity contribution in [1.29, 1.82) is 0 Å². The molecule has 0 bridgehead atoms. The summed E-state index contributed by atoms with van der Waals surface area (Å²) in [6, 6.07) is 7.84. The molecular formula is C15H18F2N2. The van der Waals surface area contributed by atoms with E-state index in [1.807, 2.05) is 29.8 Å². The molecule has 0 spiro atoms. The number of nitrogens with zero attached hydrogens (tertiary/aromatic N) is 1. The van der Waals surface area contributed by atoms with Crippen LogP contribution >= 0.6 is 0 Å². The van der Waals surface area contributed by atoms with E-state index in [1.54, 1.807) is 0 Å². The van der Waals surface area contributed by atoms with Crippen LogP contribution in [0, 0.1) is 11.6 Å². The fourth-order valence-electron chi connectivity index (χ4n) is 2.21. The van der Waals surface area contributed by atoms with Crippen molar-refractivity contribution in [1.82, 2.24) is 9.88 Å². The second-order valence-electron chi connectivity index (χ2n) is 4.58. The SMILES string of the molecule is CCNC(C)c1cccn1Cc1ccc(F)cc1F. The minimum absolute atomic E-state index is 0.198. The normalized spacial score (nSPS) is 12.6. The highest BCUT2D eigenvalue weighted by molar-refractivity contribution is 5.21. The van der Waals surface area contributed by atoms with Crippen LogP contribution in [0.1, 0.15) is 31.1 Å². The zero-order valence-corrected chi connectivity index (χ0v) is 11.2. The van der Waals surface area contributed by atoms with Crippen LogP contribution in [0.25, 0.3) is 0 Å². The summed E-state index contributed by atoms with van der Waals surface area (Å²) >= 11 is 0. The minimum Gasteiger partial charge on any atom is -0.345 e. The van der Waals surface area contributed by atoms with E-state index in [4.69, 9.17) is 0 Å². The molecule has 1 aromatic heterocycles. The van der Waals surface area contributed by atoms with Gasteiger partial charge in [0.25, 0.3) is 0 Å². The molecule has 1 heterocycles. The van der Waals surface area contributed by atoms with E-state index in [0.717, 1.165) is 18.3 Å². The quantitative estimate of drug-likeness (QED) is 0.874. The van der Waals surface area contributed by atoms with Crippen molar-refractivity contribution in [3.05, 3.63) is 59.4 Å². The summed E-state index contributed by atoms with van der Waals surface area (Å²) in [7, 11) is 0. The van der Waals surface area contributed by atoms with Crippen molar-refractivity contribution >= 4 is 0 Å². The molecule has 0 amide bonds. The van der Waals surface area contributed by atoms with E-state index in [9.17, 15) is 8.78 Å². The maximum absolute atomic E-state index is 13.7. The number of hydrogen-bond donors (Lipinski definition) is 1. The molecule has 0 aliphatic rings. The molecule has 1 unspecified atom stereocenters. The van der Waals surface area contributed by atoms with Crippen LogP contribution in [0.3, 0.4) is 0 Å². The standard InChI is InChI=1S/C15H18F2N2/c1-3-18-11(2)15-5-4-8-19(15)10-12-6-7-13(16)9-14(12)17/h4-9,11,18H,3,10H2,1-2H3. The van der Waals surface area contributed by atoms with E-state index in [2.05, 4.69) is 12.2 Å². The molecule has 0 radical (unpaired) electrons. The lowest BCUT2D eigenvalue weighted by atomic mass is 10.2. The highest BCUT2D eigenvalue weighted by Gasteiger charge is 2.11. The molecule has 2 nitrogen and oxygen atoms in total. The molecule has 19 heavy (non-hydrogen) atoms. The van der Waals surface area contributed by atoms with E-state index in [0.29, 0.717) is 12.1 Å². The Morgan fingerprint density at radius 2 is 2.05 bits per heavy atom. The maximum Gasteiger partial charge on any atom is 0.131 e. The smallest absolute Gasteiger partial charge is 0.131 e. The molecule has 2 rings (SSSR count). The van der Waals surface area contributed by atoms with Crippen molar-refractivity contribution in [3.8, 4) is 0 Å². The molecule has 1 atom stereocenters. The summed E-state index contributed by atoms with van der Waals surface area (Å²) in [6.07, 6.45) is 1.91. The lowest BCUT2D eigenvalue weighted by molar-refractivity contribution is 0.538. The first kappa shape index (κ1) is 13.7. The van der Waals surface area contributed by atoms with Gasteiger partial charge in [-0.1, -0.05) is 13.0 Å². The first-order chi connectivity index (χ1) is 9.11. The largest absolute Gasteiger partial charge is 0.345 e. The van der Waals surface area contributed by atoms with Gasteiger partial charge < -0.3 is 9.88 Å². The van der Waals surface area contributed by atoms with Gasteiger partial charge in [-0.2, -0.15) is 0 Å². The molecule has 1 aromatic carbocycles. The third kappa shape index (κ3) is 3.20. The van der Waals surface area contributed by atoms with Crippen LogP contribution in [0.15, 0.2) is 36.5 Å². The highest BCUT2D eigenvalue weighted by Crippen LogP contribution is 2.17. The number of nitrogens with one attached hydrogen (secondary N) is 1. The molecule has 0 saturated heterocycles. The van der Waals surface area contributed by atoms with Crippen LogP contribution < -0.4 is 5.32 Å². The van der Waals surface area contributed by atoms with Crippen molar-refractivity contribution < 1.29 is 8.78 Å². The molecule has 4 heteroatoms. The summed E-state index contributed by atoms with van der Waals surface area (Å²) in [5, 5.41) is 3.32. The van der Waals surface area contributed by atoms with Crippen molar-refractivity contribution in [2.75, 3.05) is 6.54 Å². The fourth-order valence-corrected chi connectivity index (χ4v) is 2.21. The monoisotopic (exact) mass is 264 g/mol. The molecule has 0 fully saturated rings. The highest BCUT2D eigenvalue weighted by atomic mass is 19.1. The van der Waals surface area contributed by atoms with Gasteiger partial charge in [0.15, 0.2) is 0 Å². The van der Waals surface area contributed by atoms with Gasteiger partial charge in [-0.25, -0.2) is 8.78 Å². The third-order valence-electron chi connectivity index (χ3n) is 3.17. The summed E-state index contributed by atoms with van der Waals surface area (Å²) < 4.78 is 28.5. The zero-order valence-electron chi connectivity index (χ0n) is 11.2. The fraction of sp³-hybridized carbons (Fsp3) is 0.333. The molecule has 0 aliphatic carbocycles. The summed E-state index contributed by atoms with van der Waals surface area (Å²) in [4.78, 5) is 0. The molecule has 1 N–H and O–H groups in total. The van der Waals surface area contributed by atoms with Gasteiger partial charge in [0.2, 0.25) is 0 Å². The first-order valence-electron chi connectivity index (χ1n) is 6.44. The Morgan fingerprint density at radius 1 is 1.26 bits per heavy atom. The van der Waals surface area contributed by atoms with Gasteiger partial charge in [-0.15, -0.1) is 0 Å². The number of benzene rings is 1. The third-order valence-corrected chi connectivity index (χ3v) is 3.17. The van der Waals surface area contributed by atoms with E-state index in [-0.39, 0.29) is 6.04 Å². The van der Waals surface area contributed by atoms with Gasteiger partial charge in [0.1, 0.15) is 11.6 Å². The Bertz CT molecular complexity index is 549. The zero-order chi connectivity index (χ0) is 13.8. The van der Waals surface area contributed by atoms with Crippen LogP contribution in [-0.2, 0) is 6.54 Å². The van der Waals surface area contributed by atoms with Crippen LogP contribution in [0.2, 0.25) is 0 Å². The number of rotatable bonds is 5. The molecule has 0 saturated carbocycles. The summed E-state index contributed by atoms with van der Waals surface area (Å²) in [6.45, 7) is 5.39. The van der Waals surface area contributed by atoms with E-state index >= 15 is 0 Å². The summed E-state index contributed by atoms with van der Waals surface area (Å²) in [5.41, 5.74) is 1.58. The maximum atomic E-state index is 13.7. The van der Waals surface area contributed by atoms with Crippen LogP contribution in [0.4, 0.5) is 8.78 Å². The number of halogens is 2. The molecule has 102 valence electrons. The van der Waals surface area contributed by atoms with Gasteiger partial charge in [0.05, 0.1) is 6.54 Å². The van der Waals surface area contributed by atoms with Crippen LogP contribution in [-0.4, -0.2) is 11.1 Å². The van der Waals surface area contributed by atoms with Crippen molar-refractivity contribution in [3.63, 3.8) is 0 Å². The Kier molecular flexibility index (Phi) is 4.32. The van der Waals surface area contributed by atoms with Gasteiger partial charge in [-0.05, 0) is 31.7 Å². The lowest BCUT2D eigenvalue weighted by Gasteiger charge is -2.16. The Balaban J connectivity index is 2.21.